The number of piperazine rings is 1. The van der Waals surface area contributed by atoms with Crippen molar-refractivity contribution in [1.82, 2.24) is 10.2 Å². The Hall–Kier alpha value is -1.71. The maximum absolute atomic E-state index is 12.4. The molecule has 2 fully saturated rings. The summed E-state index contributed by atoms with van der Waals surface area (Å²) in [6.07, 6.45) is 6.58. The zero-order valence-corrected chi connectivity index (χ0v) is 15.2. The molecule has 0 aromatic heterocycles. The summed E-state index contributed by atoms with van der Waals surface area (Å²) in [5.74, 6) is 0.693. The third-order valence-corrected chi connectivity index (χ3v) is 5.75. The number of rotatable bonds is 3. The fourth-order valence-corrected chi connectivity index (χ4v) is 3.96. The molecular weight excluding hydrogens is 298 g/mol. The van der Waals surface area contributed by atoms with Gasteiger partial charge in [-0.3, -0.25) is 0 Å². The van der Waals surface area contributed by atoms with Gasteiger partial charge in [-0.05, 0) is 49.8 Å². The Morgan fingerprint density at radius 2 is 1.79 bits per heavy atom. The molecule has 24 heavy (non-hydrogen) atoms. The summed E-state index contributed by atoms with van der Waals surface area (Å²) in [5.41, 5.74) is 4.00. The quantitative estimate of drug-likeness (QED) is 0.917. The van der Waals surface area contributed by atoms with Gasteiger partial charge in [0.15, 0.2) is 0 Å². The molecule has 1 saturated carbocycles. The van der Waals surface area contributed by atoms with E-state index in [1.807, 2.05) is 4.90 Å². The highest BCUT2D eigenvalue weighted by Gasteiger charge is 2.23. The van der Waals surface area contributed by atoms with Crippen molar-refractivity contribution in [2.24, 2.45) is 5.92 Å². The van der Waals surface area contributed by atoms with Gasteiger partial charge in [-0.1, -0.05) is 31.4 Å². The lowest BCUT2D eigenvalue weighted by molar-refractivity contribution is 0.190. The highest BCUT2D eigenvalue weighted by Crippen LogP contribution is 2.24. The fraction of sp³-hybridized carbons (Fsp3) is 0.650. The second-order valence-corrected chi connectivity index (χ2v) is 7.38. The van der Waals surface area contributed by atoms with Crippen LogP contribution in [0.1, 0.15) is 43.2 Å². The predicted octanol–water partition coefficient (Wildman–Crippen LogP) is 3.72. The number of anilines is 1. The van der Waals surface area contributed by atoms with E-state index in [1.54, 1.807) is 0 Å². The number of aryl methyl sites for hydroxylation is 1. The van der Waals surface area contributed by atoms with E-state index in [0.29, 0.717) is 5.92 Å². The third kappa shape index (κ3) is 4.03. The zero-order valence-electron chi connectivity index (χ0n) is 15.2. The monoisotopic (exact) mass is 329 g/mol. The van der Waals surface area contributed by atoms with Crippen LogP contribution in [0, 0.1) is 19.8 Å². The van der Waals surface area contributed by atoms with E-state index in [1.165, 1.54) is 48.9 Å². The molecule has 4 nitrogen and oxygen atoms in total. The van der Waals surface area contributed by atoms with Crippen molar-refractivity contribution in [1.29, 1.82) is 0 Å². The van der Waals surface area contributed by atoms with Gasteiger partial charge >= 0.3 is 6.03 Å². The second kappa shape index (κ2) is 7.91. The molecule has 1 heterocycles. The molecule has 0 bridgehead atoms. The van der Waals surface area contributed by atoms with Crippen LogP contribution in [0.4, 0.5) is 10.5 Å². The molecule has 2 aliphatic rings. The molecule has 4 heteroatoms. The molecule has 1 saturated heterocycles. The van der Waals surface area contributed by atoms with Crippen molar-refractivity contribution < 1.29 is 4.79 Å². The predicted molar refractivity (Wildman–Crippen MR) is 99.7 cm³/mol. The Bertz CT molecular complexity index is 558. The SMILES string of the molecule is Cc1cccc(N2CCN(C(=O)NCC3CCCCC3)CC2)c1C. The largest absolute Gasteiger partial charge is 0.368 e. The maximum Gasteiger partial charge on any atom is 0.317 e. The smallest absolute Gasteiger partial charge is 0.317 e. The van der Waals surface area contributed by atoms with Crippen LogP contribution in [0.2, 0.25) is 0 Å². The van der Waals surface area contributed by atoms with Crippen LogP contribution in [0.15, 0.2) is 18.2 Å². The van der Waals surface area contributed by atoms with Crippen LogP contribution in [-0.4, -0.2) is 43.7 Å². The Labute approximate surface area is 146 Å². The van der Waals surface area contributed by atoms with E-state index in [0.717, 1.165) is 32.7 Å². The molecule has 0 unspecified atom stereocenters. The van der Waals surface area contributed by atoms with Gasteiger partial charge < -0.3 is 15.1 Å². The highest BCUT2D eigenvalue weighted by molar-refractivity contribution is 5.74. The molecule has 1 aromatic rings. The van der Waals surface area contributed by atoms with Gasteiger partial charge in [-0.2, -0.15) is 0 Å². The first-order chi connectivity index (χ1) is 11.6. The normalized spacial score (nSPS) is 19.4. The summed E-state index contributed by atoms with van der Waals surface area (Å²) >= 11 is 0. The van der Waals surface area contributed by atoms with E-state index < -0.39 is 0 Å². The molecular formula is C20H31N3O. The van der Waals surface area contributed by atoms with Crippen molar-refractivity contribution in [2.45, 2.75) is 46.0 Å². The van der Waals surface area contributed by atoms with Crippen LogP contribution in [0.5, 0.6) is 0 Å². The van der Waals surface area contributed by atoms with Crippen molar-refractivity contribution in [3.05, 3.63) is 29.3 Å². The number of urea groups is 1. The van der Waals surface area contributed by atoms with Crippen LogP contribution in [0.25, 0.3) is 0 Å². The van der Waals surface area contributed by atoms with Gasteiger partial charge in [-0.25, -0.2) is 4.79 Å². The first kappa shape index (κ1) is 17.1. The molecule has 132 valence electrons. The van der Waals surface area contributed by atoms with E-state index in [2.05, 4.69) is 42.3 Å². The minimum atomic E-state index is 0.126. The molecule has 1 aromatic carbocycles. The van der Waals surface area contributed by atoms with Crippen LogP contribution in [-0.2, 0) is 0 Å². The van der Waals surface area contributed by atoms with Gasteiger partial charge in [-0.15, -0.1) is 0 Å². The molecule has 3 rings (SSSR count). The summed E-state index contributed by atoms with van der Waals surface area (Å²) in [6, 6.07) is 6.61. The van der Waals surface area contributed by atoms with Crippen LogP contribution in [0.3, 0.4) is 0 Å². The number of hydrogen-bond acceptors (Lipinski definition) is 2. The summed E-state index contributed by atoms with van der Waals surface area (Å²) < 4.78 is 0. The van der Waals surface area contributed by atoms with Crippen molar-refractivity contribution in [3.8, 4) is 0 Å². The third-order valence-electron chi connectivity index (χ3n) is 5.75. The topological polar surface area (TPSA) is 35.6 Å². The van der Waals surface area contributed by atoms with Crippen molar-refractivity contribution in [3.63, 3.8) is 0 Å². The summed E-state index contributed by atoms with van der Waals surface area (Å²) in [4.78, 5) is 16.8. The lowest BCUT2D eigenvalue weighted by Crippen LogP contribution is -2.52. The van der Waals surface area contributed by atoms with Gasteiger partial charge in [0.2, 0.25) is 0 Å². The summed E-state index contributed by atoms with van der Waals surface area (Å²) in [5, 5.41) is 3.17. The highest BCUT2D eigenvalue weighted by atomic mass is 16.2. The van der Waals surface area contributed by atoms with E-state index in [-0.39, 0.29) is 6.03 Å². The Kier molecular flexibility index (Phi) is 5.64. The summed E-state index contributed by atoms with van der Waals surface area (Å²) in [7, 11) is 0. The van der Waals surface area contributed by atoms with Gasteiger partial charge in [0.05, 0.1) is 0 Å². The Morgan fingerprint density at radius 1 is 1.08 bits per heavy atom. The van der Waals surface area contributed by atoms with Crippen LogP contribution >= 0.6 is 0 Å². The number of benzene rings is 1. The fourth-order valence-electron chi connectivity index (χ4n) is 3.96. The summed E-state index contributed by atoms with van der Waals surface area (Å²) in [6.45, 7) is 8.66. The number of hydrogen-bond donors (Lipinski definition) is 1. The van der Waals surface area contributed by atoms with Crippen molar-refractivity contribution >= 4 is 11.7 Å². The average Bonchev–Trinajstić information content (AvgIpc) is 2.63. The Morgan fingerprint density at radius 3 is 2.50 bits per heavy atom. The molecule has 2 amide bonds. The van der Waals surface area contributed by atoms with E-state index >= 15 is 0 Å². The molecule has 0 atom stereocenters. The minimum absolute atomic E-state index is 0.126. The van der Waals surface area contributed by atoms with Crippen molar-refractivity contribution in [2.75, 3.05) is 37.6 Å². The zero-order chi connectivity index (χ0) is 16.9. The first-order valence-electron chi connectivity index (χ1n) is 9.49. The molecule has 0 radical (unpaired) electrons. The lowest BCUT2D eigenvalue weighted by Gasteiger charge is -2.37. The van der Waals surface area contributed by atoms with Gasteiger partial charge in [0, 0.05) is 38.4 Å². The van der Waals surface area contributed by atoms with Crippen LogP contribution < -0.4 is 10.2 Å². The van der Waals surface area contributed by atoms with Gasteiger partial charge in [0.25, 0.3) is 0 Å². The standard InChI is InChI=1S/C20H31N3O/c1-16-7-6-10-19(17(16)2)22-11-13-23(14-12-22)20(24)21-15-18-8-4-3-5-9-18/h6-7,10,18H,3-5,8-9,11-15H2,1-2H3,(H,21,24). The molecule has 1 aliphatic heterocycles. The maximum atomic E-state index is 12.4. The van der Waals surface area contributed by atoms with Gasteiger partial charge in [0.1, 0.15) is 0 Å². The second-order valence-electron chi connectivity index (χ2n) is 7.38. The number of nitrogens with one attached hydrogen (secondary N) is 1. The first-order valence-corrected chi connectivity index (χ1v) is 9.49. The molecule has 1 N–H and O–H groups in total. The number of carbonyl (C=O) groups is 1. The van der Waals surface area contributed by atoms with E-state index in [4.69, 9.17) is 0 Å². The number of nitrogens with zero attached hydrogens (tertiary/aromatic N) is 2. The molecule has 1 aliphatic carbocycles. The minimum Gasteiger partial charge on any atom is -0.368 e. The lowest BCUT2D eigenvalue weighted by atomic mass is 9.89. The molecule has 0 spiro atoms. The Balaban J connectivity index is 1.47. The average molecular weight is 329 g/mol. The number of amides is 2. The van der Waals surface area contributed by atoms with E-state index in [9.17, 15) is 4.79 Å². The number of carbonyl (C=O) groups excluding carboxylic acids is 1.